The molecule has 0 aliphatic carbocycles. The fraction of sp³-hybridized carbons (Fsp3) is 0.690. The number of benzene rings is 1. The SMILES string of the molecule is CCCCCCCCCCCCCCCCC(=O)NCCOCCNC(=O)CCCOc1cc([N+](=O)[O-])c(C(C)NC(=O)CCCN2C(=O)C=CC2=O)cc1OC. The predicted molar refractivity (Wildman–Crippen MR) is 218 cm³/mol. The summed E-state index contributed by atoms with van der Waals surface area (Å²) in [5.74, 6) is -1.07. The molecular weight excluding hydrogens is 734 g/mol. The maximum Gasteiger partial charge on any atom is 0.278 e. The average Bonchev–Trinajstić information content (AvgIpc) is 3.51. The van der Waals surface area contributed by atoms with E-state index in [1.54, 1.807) is 6.92 Å². The summed E-state index contributed by atoms with van der Waals surface area (Å²) in [7, 11) is 1.39. The quantitative estimate of drug-likeness (QED) is 0.0290. The van der Waals surface area contributed by atoms with E-state index in [0.29, 0.717) is 39.1 Å². The van der Waals surface area contributed by atoms with Gasteiger partial charge < -0.3 is 30.2 Å². The van der Waals surface area contributed by atoms with Gasteiger partial charge >= 0.3 is 0 Å². The van der Waals surface area contributed by atoms with Crippen LogP contribution in [0.25, 0.3) is 0 Å². The van der Waals surface area contributed by atoms with E-state index in [9.17, 15) is 34.1 Å². The lowest BCUT2D eigenvalue weighted by Crippen LogP contribution is -2.32. The van der Waals surface area contributed by atoms with Gasteiger partial charge in [0.15, 0.2) is 11.5 Å². The topological polar surface area (TPSA) is 196 Å². The number of unbranched alkanes of at least 4 members (excludes halogenated alkanes) is 13. The summed E-state index contributed by atoms with van der Waals surface area (Å²) in [6.07, 6.45) is 21.6. The van der Waals surface area contributed by atoms with E-state index in [-0.39, 0.29) is 67.0 Å². The molecule has 0 spiro atoms. The van der Waals surface area contributed by atoms with Crippen molar-refractivity contribution in [2.24, 2.45) is 0 Å². The molecule has 2 rings (SSSR count). The molecule has 1 atom stereocenters. The Kier molecular flexibility index (Phi) is 25.3. The highest BCUT2D eigenvalue weighted by atomic mass is 16.6. The van der Waals surface area contributed by atoms with Crippen molar-refractivity contribution in [1.82, 2.24) is 20.9 Å². The molecule has 0 fully saturated rings. The first kappa shape index (κ1) is 48.6. The number of hydrogen-bond acceptors (Lipinski definition) is 10. The van der Waals surface area contributed by atoms with Crippen LogP contribution in [0.5, 0.6) is 11.5 Å². The van der Waals surface area contributed by atoms with Gasteiger partial charge in [-0.15, -0.1) is 0 Å². The monoisotopic (exact) mass is 801 g/mol. The van der Waals surface area contributed by atoms with Crippen LogP contribution in [0.4, 0.5) is 5.69 Å². The molecule has 0 aromatic heterocycles. The van der Waals surface area contributed by atoms with Crippen LogP contribution in [0, 0.1) is 10.1 Å². The van der Waals surface area contributed by atoms with Crippen LogP contribution in [-0.2, 0) is 28.7 Å². The van der Waals surface area contributed by atoms with Crippen molar-refractivity contribution in [2.75, 3.05) is 46.6 Å². The number of nitrogens with zero attached hydrogens (tertiary/aromatic N) is 2. The zero-order valence-corrected chi connectivity index (χ0v) is 34.5. The van der Waals surface area contributed by atoms with Gasteiger partial charge in [-0.05, 0) is 32.3 Å². The molecule has 0 bridgehead atoms. The van der Waals surface area contributed by atoms with Crippen LogP contribution < -0.4 is 25.4 Å². The molecule has 15 heteroatoms. The minimum Gasteiger partial charge on any atom is -0.493 e. The Morgan fingerprint density at radius 3 is 1.74 bits per heavy atom. The lowest BCUT2D eigenvalue weighted by Gasteiger charge is -2.18. The maximum atomic E-state index is 12.5. The second kappa shape index (κ2) is 29.7. The van der Waals surface area contributed by atoms with Crippen LogP contribution in [-0.4, -0.2) is 85.9 Å². The Hall–Kier alpha value is -4.53. The zero-order chi connectivity index (χ0) is 41.7. The molecule has 5 amide bonds. The van der Waals surface area contributed by atoms with Crippen molar-refractivity contribution in [2.45, 2.75) is 142 Å². The van der Waals surface area contributed by atoms with Crippen LogP contribution in [0.3, 0.4) is 0 Å². The second-order valence-corrected chi connectivity index (χ2v) is 14.5. The first-order valence-corrected chi connectivity index (χ1v) is 21.0. The van der Waals surface area contributed by atoms with Crippen LogP contribution in [0.2, 0.25) is 0 Å². The number of imide groups is 1. The number of methoxy groups -OCH3 is 1. The molecule has 57 heavy (non-hydrogen) atoms. The number of nitrogens with one attached hydrogen (secondary N) is 3. The van der Waals surface area contributed by atoms with Gasteiger partial charge in [0, 0.05) is 51.0 Å². The number of nitro groups is 1. The van der Waals surface area contributed by atoms with E-state index in [2.05, 4.69) is 22.9 Å². The highest BCUT2D eigenvalue weighted by Gasteiger charge is 2.26. The number of hydrogen-bond donors (Lipinski definition) is 3. The minimum atomic E-state index is -0.757. The number of rotatable bonds is 34. The zero-order valence-electron chi connectivity index (χ0n) is 34.5. The van der Waals surface area contributed by atoms with E-state index in [0.717, 1.165) is 17.7 Å². The largest absolute Gasteiger partial charge is 0.493 e. The van der Waals surface area contributed by atoms with Crippen molar-refractivity contribution in [3.8, 4) is 11.5 Å². The Morgan fingerprint density at radius 1 is 0.702 bits per heavy atom. The third-order valence-electron chi connectivity index (χ3n) is 9.74. The Balaban J connectivity index is 1.53. The molecule has 0 saturated heterocycles. The van der Waals surface area contributed by atoms with E-state index < -0.39 is 28.7 Å². The van der Waals surface area contributed by atoms with Crippen molar-refractivity contribution < 1.29 is 43.1 Å². The Labute approximate surface area is 338 Å². The van der Waals surface area contributed by atoms with Gasteiger partial charge in [0.25, 0.3) is 17.5 Å². The van der Waals surface area contributed by atoms with Gasteiger partial charge in [0.2, 0.25) is 17.7 Å². The molecule has 1 heterocycles. The lowest BCUT2D eigenvalue weighted by atomic mass is 10.0. The van der Waals surface area contributed by atoms with Crippen molar-refractivity contribution in [3.05, 3.63) is 40.0 Å². The van der Waals surface area contributed by atoms with Crippen molar-refractivity contribution in [3.63, 3.8) is 0 Å². The Bertz CT molecular complexity index is 1420. The van der Waals surface area contributed by atoms with Gasteiger partial charge in [-0.25, -0.2) is 0 Å². The number of carbonyl (C=O) groups is 5. The van der Waals surface area contributed by atoms with E-state index in [4.69, 9.17) is 14.2 Å². The van der Waals surface area contributed by atoms with E-state index in [1.165, 1.54) is 108 Å². The standard InChI is InChI=1S/C42H67N5O10/c1-4-5-6-7-8-9-10-11-12-13-14-15-16-17-20-38(48)43-25-29-56-30-26-44-39(49)22-19-28-57-37-32-35(47(53)54)34(31-36(37)55-3)33(2)45-40(50)21-18-27-46-41(51)23-24-42(46)52/h23-24,31-33H,4-22,25-30H2,1-3H3,(H,43,48)(H,44,49)(H,45,50). The molecule has 1 unspecified atom stereocenters. The Morgan fingerprint density at radius 2 is 1.21 bits per heavy atom. The molecule has 0 radical (unpaired) electrons. The summed E-state index contributed by atoms with van der Waals surface area (Å²) in [5, 5.41) is 20.3. The molecule has 320 valence electrons. The number of nitro benzene ring substituents is 1. The van der Waals surface area contributed by atoms with Gasteiger partial charge in [-0.2, -0.15) is 0 Å². The van der Waals surface area contributed by atoms with E-state index in [1.807, 2.05) is 0 Å². The van der Waals surface area contributed by atoms with Gasteiger partial charge in [0.1, 0.15) is 0 Å². The number of ether oxygens (including phenoxy) is 3. The summed E-state index contributed by atoms with van der Waals surface area (Å²) in [6.45, 7) is 5.44. The fourth-order valence-electron chi connectivity index (χ4n) is 6.48. The van der Waals surface area contributed by atoms with E-state index >= 15 is 0 Å². The molecule has 1 aromatic rings. The molecule has 1 aliphatic rings. The summed E-state index contributed by atoms with van der Waals surface area (Å²) in [5.41, 5.74) is -0.0730. The van der Waals surface area contributed by atoms with Crippen molar-refractivity contribution in [1.29, 1.82) is 0 Å². The first-order valence-electron chi connectivity index (χ1n) is 21.0. The summed E-state index contributed by atoms with van der Waals surface area (Å²) in [6, 6.07) is 1.91. The average molecular weight is 802 g/mol. The first-order chi connectivity index (χ1) is 27.6. The highest BCUT2D eigenvalue weighted by molar-refractivity contribution is 6.12. The third kappa shape index (κ3) is 21.0. The maximum absolute atomic E-state index is 12.5. The third-order valence-corrected chi connectivity index (χ3v) is 9.74. The minimum absolute atomic E-state index is 0.00735. The summed E-state index contributed by atoms with van der Waals surface area (Å²) in [4.78, 5) is 72.7. The summed E-state index contributed by atoms with van der Waals surface area (Å²) < 4.78 is 16.7. The number of carbonyl (C=O) groups excluding carboxylic acids is 5. The normalized spacial score (nSPS) is 12.8. The highest BCUT2D eigenvalue weighted by Crippen LogP contribution is 2.37. The molecular formula is C42H67N5O10. The number of amides is 5. The second-order valence-electron chi connectivity index (χ2n) is 14.5. The molecule has 3 N–H and O–H groups in total. The van der Waals surface area contributed by atoms with Gasteiger partial charge in [0.05, 0.1) is 49.5 Å². The van der Waals surface area contributed by atoms with Gasteiger partial charge in [-0.3, -0.25) is 39.0 Å². The van der Waals surface area contributed by atoms with Crippen LogP contribution >= 0.6 is 0 Å². The van der Waals surface area contributed by atoms with Gasteiger partial charge in [-0.1, -0.05) is 90.4 Å². The lowest BCUT2D eigenvalue weighted by molar-refractivity contribution is -0.385. The van der Waals surface area contributed by atoms with Crippen LogP contribution in [0.1, 0.15) is 147 Å². The summed E-state index contributed by atoms with van der Waals surface area (Å²) >= 11 is 0. The fourth-order valence-corrected chi connectivity index (χ4v) is 6.48. The molecule has 1 aromatic carbocycles. The smallest absolute Gasteiger partial charge is 0.278 e. The predicted octanol–water partition coefficient (Wildman–Crippen LogP) is 6.77. The molecule has 1 aliphatic heterocycles. The molecule has 0 saturated carbocycles. The molecule has 15 nitrogen and oxygen atoms in total. The van der Waals surface area contributed by atoms with Crippen LogP contribution in [0.15, 0.2) is 24.3 Å². The van der Waals surface area contributed by atoms with Crippen molar-refractivity contribution >= 4 is 35.2 Å².